The molecule has 0 saturated heterocycles. The molecule has 0 bridgehead atoms. The molecule has 0 spiro atoms. The zero-order chi connectivity index (χ0) is 13.5. The Morgan fingerprint density at radius 2 is 1.84 bits per heavy atom. The minimum Gasteiger partial charge on any atom is -0.317 e. The summed E-state index contributed by atoms with van der Waals surface area (Å²) < 4.78 is 0. The number of rotatable bonds is 4. The van der Waals surface area contributed by atoms with Crippen LogP contribution in [-0.2, 0) is 4.79 Å². The lowest BCUT2D eigenvalue weighted by Gasteiger charge is -2.02. The van der Waals surface area contributed by atoms with Crippen molar-refractivity contribution < 1.29 is 9.59 Å². The van der Waals surface area contributed by atoms with Gasteiger partial charge in [-0.3, -0.25) is 19.6 Å². The van der Waals surface area contributed by atoms with Gasteiger partial charge >= 0.3 is 0 Å². The molecule has 0 aliphatic carbocycles. The van der Waals surface area contributed by atoms with Gasteiger partial charge in [0.1, 0.15) is 5.69 Å². The van der Waals surface area contributed by atoms with Gasteiger partial charge in [-0.05, 0) is 30.3 Å². The summed E-state index contributed by atoms with van der Waals surface area (Å²) >= 11 is 0. The summed E-state index contributed by atoms with van der Waals surface area (Å²) in [5.74, 6) is -0.467. The van der Waals surface area contributed by atoms with Crippen LogP contribution in [0.1, 0.15) is 16.2 Å². The van der Waals surface area contributed by atoms with E-state index in [0.717, 1.165) is 0 Å². The van der Waals surface area contributed by atoms with Gasteiger partial charge < -0.3 is 5.32 Å². The molecule has 0 atom stereocenters. The number of hydrogen-bond donors (Lipinski definition) is 1. The molecule has 93 valence electrons. The Labute approximate surface area is 110 Å². The molecular weight excluding hydrogens is 242 g/mol. The molecule has 2 aromatic heterocycles. The van der Waals surface area contributed by atoms with Crippen LogP contribution >= 0.6 is 0 Å². The van der Waals surface area contributed by atoms with Crippen molar-refractivity contribution in [1.82, 2.24) is 15.3 Å². The van der Waals surface area contributed by atoms with E-state index in [4.69, 9.17) is 0 Å². The zero-order valence-electron chi connectivity index (χ0n) is 9.91. The average molecular weight is 252 g/mol. The molecule has 5 heteroatoms. The van der Waals surface area contributed by atoms with Crippen molar-refractivity contribution in [3.05, 3.63) is 65.9 Å². The van der Waals surface area contributed by atoms with Gasteiger partial charge in [0.2, 0.25) is 0 Å². The highest BCUT2D eigenvalue weighted by Gasteiger charge is 2.08. The normalized spacial score (nSPS) is 10.8. The Morgan fingerprint density at radius 1 is 1.11 bits per heavy atom. The van der Waals surface area contributed by atoms with Crippen LogP contribution in [-0.4, -0.2) is 22.2 Å². The Bertz CT molecular complexity index is 595. The van der Waals surface area contributed by atoms with Crippen LogP contribution in [0, 0.1) is 0 Å². The van der Waals surface area contributed by atoms with Gasteiger partial charge in [-0.2, -0.15) is 0 Å². The van der Waals surface area contributed by atoms with E-state index in [1.54, 1.807) is 48.9 Å². The minimum atomic E-state index is -0.467. The lowest BCUT2D eigenvalue weighted by molar-refractivity contribution is 0.0963. The second kappa shape index (κ2) is 6.20. The number of nitrogens with one attached hydrogen (secondary N) is 1. The highest BCUT2D eigenvalue weighted by Crippen LogP contribution is 2.01. The number of carbonyl (C=O) groups is 1. The fraction of sp³-hybridized carbons (Fsp3) is 0. The molecule has 2 aromatic rings. The maximum atomic E-state index is 11.8. The van der Waals surface area contributed by atoms with E-state index in [-0.39, 0.29) is 11.4 Å². The van der Waals surface area contributed by atoms with E-state index in [9.17, 15) is 9.59 Å². The molecule has 0 aromatic carbocycles. The van der Waals surface area contributed by atoms with Gasteiger partial charge in [-0.25, -0.2) is 0 Å². The largest absolute Gasteiger partial charge is 0.317 e. The van der Waals surface area contributed by atoms with Gasteiger partial charge in [0.05, 0.1) is 11.4 Å². The van der Waals surface area contributed by atoms with Crippen LogP contribution < -0.4 is 5.32 Å². The fourth-order valence-corrected chi connectivity index (χ4v) is 1.38. The van der Waals surface area contributed by atoms with Crippen molar-refractivity contribution in [2.45, 2.75) is 0 Å². The van der Waals surface area contributed by atoms with Crippen molar-refractivity contribution in [1.29, 1.82) is 0 Å². The number of hydrogen-bond acceptors (Lipinski definition) is 4. The lowest BCUT2D eigenvalue weighted by atomic mass is 10.3. The van der Waals surface area contributed by atoms with Crippen molar-refractivity contribution in [3.8, 4) is 0 Å². The summed E-state index contributed by atoms with van der Waals surface area (Å²) in [5, 5.41) is 2.43. The van der Waals surface area contributed by atoms with Crippen LogP contribution in [0.4, 0.5) is 0 Å². The molecule has 2 heterocycles. The van der Waals surface area contributed by atoms with E-state index < -0.39 is 5.91 Å². The van der Waals surface area contributed by atoms with E-state index in [0.29, 0.717) is 5.69 Å². The van der Waals surface area contributed by atoms with E-state index >= 15 is 0 Å². The second-order valence-electron chi connectivity index (χ2n) is 3.58. The van der Waals surface area contributed by atoms with Crippen molar-refractivity contribution in [2.75, 3.05) is 0 Å². The number of carbonyl (C=O) groups excluding carboxylic acids is 2. The first-order valence-electron chi connectivity index (χ1n) is 5.53. The molecule has 0 saturated carbocycles. The SMILES string of the molecule is O=[C]C(=Cc1ccccn1)NC(=O)c1ccccn1. The first-order valence-corrected chi connectivity index (χ1v) is 5.53. The number of nitrogens with zero attached hydrogens (tertiary/aromatic N) is 2. The smallest absolute Gasteiger partial charge is 0.274 e. The molecule has 1 amide bonds. The minimum absolute atomic E-state index is 0.00866. The summed E-state index contributed by atoms with van der Waals surface area (Å²) in [6, 6.07) is 10.2. The van der Waals surface area contributed by atoms with E-state index in [2.05, 4.69) is 15.3 Å². The Morgan fingerprint density at radius 3 is 2.42 bits per heavy atom. The van der Waals surface area contributed by atoms with Crippen LogP contribution in [0.2, 0.25) is 0 Å². The zero-order valence-corrected chi connectivity index (χ0v) is 9.91. The van der Waals surface area contributed by atoms with Gasteiger partial charge in [0, 0.05) is 12.4 Å². The average Bonchev–Trinajstić information content (AvgIpc) is 2.48. The van der Waals surface area contributed by atoms with Crippen LogP contribution in [0.5, 0.6) is 0 Å². The van der Waals surface area contributed by atoms with Gasteiger partial charge in [-0.1, -0.05) is 12.1 Å². The lowest BCUT2D eigenvalue weighted by Crippen LogP contribution is -2.24. The molecule has 1 radical (unpaired) electrons. The molecule has 0 aliphatic rings. The quantitative estimate of drug-likeness (QED) is 0.834. The third-order valence-electron chi connectivity index (χ3n) is 2.24. The van der Waals surface area contributed by atoms with Gasteiger partial charge in [0.15, 0.2) is 0 Å². The fourth-order valence-electron chi connectivity index (χ4n) is 1.38. The van der Waals surface area contributed by atoms with Crippen molar-refractivity contribution in [3.63, 3.8) is 0 Å². The third kappa shape index (κ3) is 3.57. The Kier molecular flexibility index (Phi) is 4.12. The Balaban J connectivity index is 2.14. The molecule has 1 N–H and O–H groups in total. The molecule has 19 heavy (non-hydrogen) atoms. The second-order valence-corrected chi connectivity index (χ2v) is 3.58. The van der Waals surface area contributed by atoms with Gasteiger partial charge in [0.25, 0.3) is 12.2 Å². The summed E-state index contributed by atoms with van der Waals surface area (Å²) in [6.07, 6.45) is 6.19. The topological polar surface area (TPSA) is 72.0 Å². The highest BCUT2D eigenvalue weighted by atomic mass is 16.2. The number of pyridine rings is 2. The predicted molar refractivity (Wildman–Crippen MR) is 69.6 cm³/mol. The number of amides is 1. The first-order chi connectivity index (χ1) is 9.29. The van der Waals surface area contributed by atoms with E-state index in [1.807, 2.05) is 0 Å². The maximum absolute atomic E-state index is 11.8. The molecule has 5 nitrogen and oxygen atoms in total. The Hall–Kier alpha value is -2.82. The van der Waals surface area contributed by atoms with E-state index in [1.165, 1.54) is 12.3 Å². The van der Waals surface area contributed by atoms with Gasteiger partial charge in [-0.15, -0.1) is 0 Å². The molecule has 0 aliphatic heterocycles. The number of aromatic nitrogens is 2. The summed E-state index contributed by atoms with van der Waals surface area (Å²) in [7, 11) is 0. The summed E-state index contributed by atoms with van der Waals surface area (Å²) in [5.41, 5.74) is 0.793. The van der Waals surface area contributed by atoms with Crippen molar-refractivity contribution in [2.24, 2.45) is 0 Å². The van der Waals surface area contributed by atoms with Crippen LogP contribution in [0.25, 0.3) is 6.08 Å². The van der Waals surface area contributed by atoms with Crippen molar-refractivity contribution >= 4 is 18.3 Å². The standard InChI is InChI=1S/C14H10N3O2/c18-10-12(9-11-5-1-3-7-15-11)17-14(19)13-6-2-4-8-16-13/h1-9H,(H,17,19). The summed E-state index contributed by atoms with van der Waals surface area (Å²) in [6.45, 7) is 0. The number of allylic oxidation sites excluding steroid dienone is 1. The third-order valence-corrected chi connectivity index (χ3v) is 2.24. The van der Waals surface area contributed by atoms with Crippen LogP contribution in [0.3, 0.4) is 0 Å². The predicted octanol–water partition coefficient (Wildman–Crippen LogP) is 1.36. The first kappa shape index (κ1) is 12.6. The molecule has 0 unspecified atom stereocenters. The van der Waals surface area contributed by atoms with Crippen LogP contribution in [0.15, 0.2) is 54.5 Å². The maximum Gasteiger partial charge on any atom is 0.274 e. The molecular formula is C14H10N3O2. The highest BCUT2D eigenvalue weighted by molar-refractivity contribution is 5.98. The molecule has 2 rings (SSSR count). The monoisotopic (exact) mass is 252 g/mol. The summed E-state index contributed by atoms with van der Waals surface area (Å²) in [4.78, 5) is 30.5. The molecule has 0 fully saturated rings.